The summed E-state index contributed by atoms with van der Waals surface area (Å²) in [4.78, 5) is 9.76. The molecule has 0 aliphatic rings. The molecule has 1 N–H and O–H groups in total. The molecule has 0 amide bonds. The van der Waals surface area contributed by atoms with Gasteiger partial charge >= 0.3 is 5.69 Å². The number of rotatable bonds is 4. The number of benzene rings is 1. The maximum absolute atomic E-state index is 13.2. The second-order valence-corrected chi connectivity index (χ2v) is 3.70. The quantitative estimate of drug-likeness (QED) is 0.501. The first-order valence-corrected chi connectivity index (χ1v) is 4.92. The molecule has 92 valence electrons. The van der Waals surface area contributed by atoms with Crippen molar-refractivity contribution in [3.05, 3.63) is 45.5 Å². The van der Waals surface area contributed by atoms with Crippen molar-refractivity contribution in [3.8, 4) is 0 Å². The molecular formula is C11H12F2N2O2. The van der Waals surface area contributed by atoms with Crippen LogP contribution in [0.5, 0.6) is 0 Å². The third kappa shape index (κ3) is 3.51. The average Bonchev–Trinajstić information content (AvgIpc) is 2.14. The molecule has 0 spiro atoms. The van der Waals surface area contributed by atoms with Crippen LogP contribution < -0.4 is 5.32 Å². The van der Waals surface area contributed by atoms with Crippen molar-refractivity contribution in [2.75, 3.05) is 11.9 Å². The zero-order valence-electron chi connectivity index (χ0n) is 9.46. The van der Waals surface area contributed by atoms with Gasteiger partial charge in [0.1, 0.15) is 11.5 Å². The van der Waals surface area contributed by atoms with Gasteiger partial charge in [-0.1, -0.05) is 11.6 Å². The van der Waals surface area contributed by atoms with Crippen LogP contribution in [0.25, 0.3) is 0 Å². The summed E-state index contributed by atoms with van der Waals surface area (Å²) in [6.07, 6.45) is 1.76. The lowest BCUT2D eigenvalue weighted by molar-refractivity contribution is -0.386. The van der Waals surface area contributed by atoms with Crippen LogP contribution in [-0.4, -0.2) is 11.5 Å². The fourth-order valence-corrected chi connectivity index (χ4v) is 1.25. The summed E-state index contributed by atoms with van der Waals surface area (Å²) in [5.41, 5.74) is 0.0931. The van der Waals surface area contributed by atoms with Crippen molar-refractivity contribution >= 4 is 11.4 Å². The van der Waals surface area contributed by atoms with E-state index in [1.807, 2.05) is 13.8 Å². The van der Waals surface area contributed by atoms with Crippen LogP contribution in [-0.2, 0) is 0 Å². The van der Waals surface area contributed by atoms with Crippen LogP contribution in [0.15, 0.2) is 23.8 Å². The monoisotopic (exact) mass is 242 g/mol. The third-order valence-corrected chi connectivity index (χ3v) is 2.01. The molecule has 1 aromatic rings. The first-order chi connectivity index (χ1) is 7.91. The molecule has 0 bridgehead atoms. The summed E-state index contributed by atoms with van der Waals surface area (Å²) in [5.74, 6) is -2.04. The van der Waals surface area contributed by atoms with E-state index in [0.29, 0.717) is 6.07 Å². The molecular weight excluding hydrogens is 230 g/mol. The van der Waals surface area contributed by atoms with Gasteiger partial charge in [-0.3, -0.25) is 10.1 Å². The summed E-state index contributed by atoms with van der Waals surface area (Å²) in [7, 11) is 0. The Morgan fingerprint density at radius 1 is 1.47 bits per heavy atom. The highest BCUT2D eigenvalue weighted by atomic mass is 19.1. The molecule has 0 saturated heterocycles. The van der Waals surface area contributed by atoms with E-state index >= 15 is 0 Å². The fraction of sp³-hybridized carbons (Fsp3) is 0.273. The molecule has 0 heterocycles. The minimum atomic E-state index is -1.19. The zero-order chi connectivity index (χ0) is 13.0. The van der Waals surface area contributed by atoms with E-state index in [1.165, 1.54) is 0 Å². The van der Waals surface area contributed by atoms with Gasteiger partial charge in [-0.15, -0.1) is 0 Å². The van der Waals surface area contributed by atoms with Crippen LogP contribution in [0.2, 0.25) is 0 Å². The Morgan fingerprint density at radius 3 is 2.65 bits per heavy atom. The highest BCUT2D eigenvalue weighted by Crippen LogP contribution is 2.28. The molecule has 4 nitrogen and oxygen atoms in total. The summed E-state index contributed by atoms with van der Waals surface area (Å²) < 4.78 is 26.1. The Labute approximate surface area is 97.1 Å². The largest absolute Gasteiger partial charge is 0.376 e. The number of nitro benzene ring substituents is 1. The van der Waals surface area contributed by atoms with E-state index in [9.17, 15) is 18.9 Å². The lowest BCUT2D eigenvalue weighted by Gasteiger charge is -2.05. The lowest BCUT2D eigenvalue weighted by Crippen LogP contribution is -2.05. The molecule has 6 heteroatoms. The minimum Gasteiger partial charge on any atom is -0.376 e. The Hall–Kier alpha value is -1.98. The van der Waals surface area contributed by atoms with Crippen LogP contribution in [0, 0.1) is 21.7 Å². The molecule has 0 aliphatic heterocycles. The van der Waals surface area contributed by atoms with Gasteiger partial charge in [-0.25, -0.2) is 4.39 Å². The highest BCUT2D eigenvalue weighted by Gasteiger charge is 2.21. The topological polar surface area (TPSA) is 55.2 Å². The normalized spacial score (nSPS) is 9.88. The maximum Gasteiger partial charge on any atom is 0.327 e. The van der Waals surface area contributed by atoms with E-state index in [1.54, 1.807) is 6.08 Å². The number of halogens is 2. The van der Waals surface area contributed by atoms with Crippen LogP contribution in [0.4, 0.5) is 20.2 Å². The van der Waals surface area contributed by atoms with E-state index in [0.717, 1.165) is 11.6 Å². The summed E-state index contributed by atoms with van der Waals surface area (Å²) in [5, 5.41) is 13.2. The molecule has 17 heavy (non-hydrogen) atoms. The standard InChI is InChI=1S/C11H12F2N2O2/c1-7(2)3-4-14-10-6-8(12)5-9(13)11(10)15(16)17/h3,5-6,14H,4H2,1-2H3. The summed E-state index contributed by atoms with van der Waals surface area (Å²) in [6, 6.07) is 1.39. The van der Waals surface area contributed by atoms with E-state index in [-0.39, 0.29) is 12.2 Å². The number of nitro groups is 1. The highest BCUT2D eigenvalue weighted by molar-refractivity contribution is 5.62. The Balaban J connectivity index is 3.04. The van der Waals surface area contributed by atoms with Crippen molar-refractivity contribution in [1.29, 1.82) is 0 Å². The zero-order valence-corrected chi connectivity index (χ0v) is 9.46. The number of anilines is 1. The van der Waals surface area contributed by atoms with Gasteiger partial charge < -0.3 is 5.32 Å². The molecule has 0 aliphatic carbocycles. The number of allylic oxidation sites excluding steroid dienone is 1. The number of hydrogen-bond donors (Lipinski definition) is 1. The minimum absolute atomic E-state index is 0.162. The van der Waals surface area contributed by atoms with Crippen molar-refractivity contribution in [1.82, 2.24) is 0 Å². The van der Waals surface area contributed by atoms with Gasteiger partial charge in [0, 0.05) is 18.7 Å². The van der Waals surface area contributed by atoms with Crippen LogP contribution >= 0.6 is 0 Å². The summed E-state index contributed by atoms with van der Waals surface area (Å²) in [6.45, 7) is 3.97. The predicted octanol–water partition coefficient (Wildman–Crippen LogP) is 3.25. The SMILES string of the molecule is CC(C)=CCNc1cc(F)cc(F)c1[N+](=O)[O-]. The van der Waals surface area contributed by atoms with E-state index in [4.69, 9.17) is 0 Å². The average molecular weight is 242 g/mol. The lowest BCUT2D eigenvalue weighted by atomic mass is 10.2. The Kier molecular flexibility index (Phi) is 4.14. The van der Waals surface area contributed by atoms with Gasteiger partial charge in [0.25, 0.3) is 0 Å². The van der Waals surface area contributed by atoms with Crippen molar-refractivity contribution < 1.29 is 13.7 Å². The maximum atomic E-state index is 13.2. The molecule has 1 aromatic carbocycles. The molecule has 1 rings (SSSR count). The number of nitrogens with zero attached hydrogens (tertiary/aromatic N) is 1. The number of nitrogens with one attached hydrogen (secondary N) is 1. The van der Waals surface area contributed by atoms with Crippen molar-refractivity contribution in [3.63, 3.8) is 0 Å². The van der Waals surface area contributed by atoms with Crippen molar-refractivity contribution in [2.24, 2.45) is 0 Å². The van der Waals surface area contributed by atoms with Gasteiger partial charge in [-0.2, -0.15) is 4.39 Å². The second-order valence-electron chi connectivity index (χ2n) is 3.70. The fourth-order valence-electron chi connectivity index (χ4n) is 1.25. The predicted molar refractivity (Wildman–Crippen MR) is 60.9 cm³/mol. The van der Waals surface area contributed by atoms with Gasteiger partial charge in [0.05, 0.1) is 4.92 Å². The van der Waals surface area contributed by atoms with Crippen molar-refractivity contribution in [2.45, 2.75) is 13.8 Å². The third-order valence-electron chi connectivity index (χ3n) is 2.01. The molecule has 0 fully saturated rings. The Morgan fingerprint density at radius 2 is 2.12 bits per heavy atom. The van der Waals surface area contributed by atoms with E-state index < -0.39 is 22.2 Å². The first-order valence-electron chi connectivity index (χ1n) is 4.92. The molecule has 0 saturated carbocycles. The summed E-state index contributed by atoms with van der Waals surface area (Å²) >= 11 is 0. The molecule has 0 aromatic heterocycles. The smallest absolute Gasteiger partial charge is 0.327 e. The molecule has 0 atom stereocenters. The molecule has 0 radical (unpaired) electrons. The van der Waals surface area contributed by atoms with E-state index in [2.05, 4.69) is 5.32 Å². The van der Waals surface area contributed by atoms with Gasteiger partial charge in [-0.05, 0) is 13.8 Å². The van der Waals surface area contributed by atoms with Gasteiger partial charge in [0.2, 0.25) is 5.82 Å². The second kappa shape index (κ2) is 5.38. The molecule has 0 unspecified atom stereocenters. The van der Waals surface area contributed by atoms with Crippen LogP contribution in [0.3, 0.4) is 0 Å². The Bertz CT molecular complexity index is 469. The van der Waals surface area contributed by atoms with Crippen LogP contribution in [0.1, 0.15) is 13.8 Å². The van der Waals surface area contributed by atoms with Gasteiger partial charge in [0.15, 0.2) is 0 Å². The first kappa shape index (κ1) is 13.1. The number of hydrogen-bond acceptors (Lipinski definition) is 3.